The average Bonchev–Trinajstić information content (AvgIpc) is 3.55. The Hall–Kier alpha value is -3.45. The minimum Gasteiger partial charge on any atom is -0.459 e. The molecule has 34 heavy (non-hydrogen) atoms. The Bertz CT molecular complexity index is 1160. The zero-order valence-electron chi connectivity index (χ0n) is 18.5. The standard InChI is InChI=1S/C26H25ClN2O5/c27-18-10-8-17(9-11-18)24(25(30)28-19-5-2-1-3-6-19)29(26(31)22-7-4-14-32-22)20-12-13-21-23(15-20)34-16-33-21/h4,7-15,19,24H,1-3,5-6,16H2,(H,28,30)/t24-/m1/s1. The third-order valence-corrected chi connectivity index (χ3v) is 6.48. The summed E-state index contributed by atoms with van der Waals surface area (Å²) < 4.78 is 16.4. The van der Waals surface area contributed by atoms with Crippen molar-refractivity contribution in [2.75, 3.05) is 11.7 Å². The van der Waals surface area contributed by atoms with Gasteiger partial charge in [-0.25, -0.2) is 0 Å². The number of benzene rings is 2. The average molecular weight is 481 g/mol. The Balaban J connectivity index is 1.58. The number of anilines is 1. The van der Waals surface area contributed by atoms with Crippen molar-refractivity contribution in [3.8, 4) is 11.5 Å². The molecule has 1 aliphatic heterocycles. The molecule has 0 bridgehead atoms. The molecule has 2 amide bonds. The first-order valence-electron chi connectivity index (χ1n) is 11.4. The second kappa shape index (κ2) is 9.81. The largest absolute Gasteiger partial charge is 0.459 e. The van der Waals surface area contributed by atoms with E-state index in [9.17, 15) is 9.59 Å². The predicted molar refractivity (Wildman–Crippen MR) is 127 cm³/mol. The zero-order chi connectivity index (χ0) is 23.5. The molecular formula is C26H25ClN2O5. The molecule has 1 aromatic heterocycles. The van der Waals surface area contributed by atoms with Crippen LogP contribution in [0.5, 0.6) is 11.5 Å². The Morgan fingerprint density at radius 1 is 0.971 bits per heavy atom. The number of nitrogens with zero attached hydrogens (tertiary/aromatic N) is 1. The van der Waals surface area contributed by atoms with Crippen LogP contribution in [0.3, 0.4) is 0 Å². The van der Waals surface area contributed by atoms with E-state index in [2.05, 4.69) is 5.32 Å². The molecule has 2 aliphatic rings. The third kappa shape index (κ3) is 4.61. The molecule has 2 heterocycles. The van der Waals surface area contributed by atoms with Crippen molar-refractivity contribution in [2.24, 2.45) is 0 Å². The zero-order valence-corrected chi connectivity index (χ0v) is 19.3. The van der Waals surface area contributed by atoms with Gasteiger partial charge in [0.25, 0.3) is 5.91 Å². The number of amides is 2. The van der Waals surface area contributed by atoms with Gasteiger partial charge in [0.15, 0.2) is 17.3 Å². The van der Waals surface area contributed by atoms with E-state index in [0.717, 1.165) is 25.7 Å². The van der Waals surface area contributed by atoms with Crippen LogP contribution >= 0.6 is 11.6 Å². The molecule has 3 aromatic rings. The fraction of sp³-hybridized carbons (Fsp3) is 0.308. The Kier molecular flexibility index (Phi) is 6.45. The molecule has 1 N–H and O–H groups in total. The first-order chi connectivity index (χ1) is 16.6. The smallest absolute Gasteiger partial charge is 0.294 e. The summed E-state index contributed by atoms with van der Waals surface area (Å²) in [6, 6.07) is 14.5. The molecule has 0 saturated heterocycles. The number of nitrogens with one attached hydrogen (secondary N) is 1. The lowest BCUT2D eigenvalue weighted by Crippen LogP contribution is -2.47. The summed E-state index contributed by atoms with van der Waals surface area (Å²) in [5.74, 6) is 0.526. The highest BCUT2D eigenvalue weighted by molar-refractivity contribution is 6.30. The predicted octanol–water partition coefficient (Wildman–Crippen LogP) is 5.50. The maximum absolute atomic E-state index is 13.8. The van der Waals surface area contributed by atoms with Crippen LogP contribution < -0.4 is 19.7 Å². The number of halogens is 1. The minimum atomic E-state index is -0.947. The number of furan rings is 1. The number of carbonyl (C=O) groups is 2. The number of fused-ring (bicyclic) bond motifs is 1. The molecule has 8 heteroatoms. The van der Waals surface area contributed by atoms with Gasteiger partial charge in [-0.2, -0.15) is 0 Å². The van der Waals surface area contributed by atoms with Crippen LogP contribution in [-0.2, 0) is 4.79 Å². The lowest BCUT2D eigenvalue weighted by molar-refractivity contribution is -0.123. The summed E-state index contributed by atoms with van der Waals surface area (Å²) in [6.07, 6.45) is 6.61. The Labute approximate surface area is 202 Å². The molecule has 176 valence electrons. The van der Waals surface area contributed by atoms with Crippen molar-refractivity contribution in [3.05, 3.63) is 77.2 Å². The summed E-state index contributed by atoms with van der Waals surface area (Å²) in [4.78, 5) is 29.0. The van der Waals surface area contributed by atoms with E-state index in [1.54, 1.807) is 54.6 Å². The van der Waals surface area contributed by atoms with E-state index in [1.165, 1.54) is 17.6 Å². The third-order valence-electron chi connectivity index (χ3n) is 6.23. The molecule has 5 rings (SSSR count). The highest BCUT2D eigenvalue weighted by Gasteiger charge is 2.36. The van der Waals surface area contributed by atoms with Gasteiger partial charge in [0.05, 0.1) is 6.26 Å². The van der Waals surface area contributed by atoms with E-state index < -0.39 is 11.9 Å². The molecule has 2 aromatic carbocycles. The molecule has 7 nitrogen and oxygen atoms in total. The lowest BCUT2D eigenvalue weighted by Gasteiger charge is -2.33. The van der Waals surface area contributed by atoms with Crippen molar-refractivity contribution in [2.45, 2.75) is 44.2 Å². The van der Waals surface area contributed by atoms with Gasteiger partial charge in [-0.3, -0.25) is 14.5 Å². The van der Waals surface area contributed by atoms with Crippen molar-refractivity contribution in [1.29, 1.82) is 0 Å². The summed E-state index contributed by atoms with van der Waals surface area (Å²) in [7, 11) is 0. The number of rotatable bonds is 6. The quantitative estimate of drug-likeness (QED) is 0.504. The van der Waals surface area contributed by atoms with Crippen molar-refractivity contribution < 1.29 is 23.5 Å². The maximum Gasteiger partial charge on any atom is 0.294 e. The molecular weight excluding hydrogens is 456 g/mol. The monoisotopic (exact) mass is 480 g/mol. The number of hydrogen-bond acceptors (Lipinski definition) is 5. The fourth-order valence-corrected chi connectivity index (χ4v) is 4.65. The van der Waals surface area contributed by atoms with Crippen LogP contribution in [0.15, 0.2) is 65.3 Å². The van der Waals surface area contributed by atoms with E-state index in [1.807, 2.05) is 0 Å². The topological polar surface area (TPSA) is 81.0 Å². The van der Waals surface area contributed by atoms with E-state index in [-0.39, 0.29) is 24.5 Å². The molecule has 1 aliphatic carbocycles. The molecule has 0 unspecified atom stereocenters. The van der Waals surface area contributed by atoms with Crippen LogP contribution in [0.1, 0.15) is 54.3 Å². The van der Waals surface area contributed by atoms with Gasteiger partial charge in [0.2, 0.25) is 12.7 Å². The summed E-state index contributed by atoms with van der Waals surface area (Å²) in [5.41, 5.74) is 1.12. The van der Waals surface area contributed by atoms with Crippen LogP contribution in [0.4, 0.5) is 5.69 Å². The first kappa shape index (κ1) is 22.3. The highest BCUT2D eigenvalue weighted by Crippen LogP contribution is 2.39. The number of hydrogen-bond donors (Lipinski definition) is 1. The normalized spacial score (nSPS) is 16.1. The highest BCUT2D eigenvalue weighted by atomic mass is 35.5. The maximum atomic E-state index is 13.8. The van der Waals surface area contributed by atoms with Crippen molar-refractivity contribution >= 4 is 29.1 Å². The van der Waals surface area contributed by atoms with Crippen molar-refractivity contribution in [3.63, 3.8) is 0 Å². The van der Waals surface area contributed by atoms with Crippen LogP contribution in [0.2, 0.25) is 5.02 Å². The second-order valence-corrected chi connectivity index (χ2v) is 8.92. The van der Waals surface area contributed by atoms with Crippen LogP contribution in [0, 0.1) is 0 Å². The van der Waals surface area contributed by atoms with Crippen LogP contribution in [-0.4, -0.2) is 24.6 Å². The van der Waals surface area contributed by atoms with Crippen LogP contribution in [0.25, 0.3) is 0 Å². The molecule has 1 fully saturated rings. The fourth-order valence-electron chi connectivity index (χ4n) is 4.53. The summed E-state index contributed by atoms with van der Waals surface area (Å²) in [6.45, 7) is 0.105. The molecule has 1 saturated carbocycles. The van der Waals surface area contributed by atoms with Gasteiger partial charge >= 0.3 is 0 Å². The van der Waals surface area contributed by atoms with Gasteiger partial charge in [-0.15, -0.1) is 0 Å². The minimum absolute atomic E-state index is 0.0772. The molecule has 1 atom stereocenters. The summed E-state index contributed by atoms with van der Waals surface area (Å²) >= 11 is 6.13. The Morgan fingerprint density at radius 2 is 1.74 bits per heavy atom. The van der Waals surface area contributed by atoms with E-state index in [4.69, 9.17) is 25.5 Å². The summed E-state index contributed by atoms with van der Waals surface area (Å²) in [5, 5.41) is 3.73. The second-order valence-electron chi connectivity index (χ2n) is 8.49. The van der Waals surface area contributed by atoms with Gasteiger partial charge in [0, 0.05) is 22.8 Å². The van der Waals surface area contributed by atoms with E-state index >= 15 is 0 Å². The van der Waals surface area contributed by atoms with Gasteiger partial charge < -0.3 is 19.2 Å². The number of ether oxygens (including phenoxy) is 2. The van der Waals surface area contributed by atoms with Gasteiger partial charge in [0.1, 0.15) is 6.04 Å². The van der Waals surface area contributed by atoms with Crippen molar-refractivity contribution in [1.82, 2.24) is 5.32 Å². The van der Waals surface area contributed by atoms with Gasteiger partial charge in [-0.05, 0) is 54.8 Å². The number of carbonyl (C=O) groups excluding carboxylic acids is 2. The molecule has 0 spiro atoms. The first-order valence-corrected chi connectivity index (χ1v) is 11.8. The Morgan fingerprint density at radius 3 is 2.47 bits per heavy atom. The lowest BCUT2D eigenvalue weighted by atomic mass is 9.94. The van der Waals surface area contributed by atoms with Gasteiger partial charge in [-0.1, -0.05) is 43.0 Å². The molecule has 0 radical (unpaired) electrons. The SMILES string of the molecule is O=C(NC1CCCCC1)[C@@H](c1ccc(Cl)cc1)N(C(=O)c1ccco1)c1ccc2c(c1)OCO2. The van der Waals surface area contributed by atoms with E-state index in [0.29, 0.717) is 27.8 Å².